The Balaban J connectivity index is 1.67. The lowest BCUT2D eigenvalue weighted by atomic mass is 9.96. The number of nitrogens with zero attached hydrogens (tertiary/aromatic N) is 2. The lowest BCUT2D eigenvalue weighted by molar-refractivity contribution is -0.173. The van der Waals surface area contributed by atoms with Crippen molar-refractivity contribution in [2.75, 3.05) is 10.6 Å². The van der Waals surface area contributed by atoms with Crippen molar-refractivity contribution in [2.45, 2.75) is 37.8 Å². The van der Waals surface area contributed by atoms with Crippen molar-refractivity contribution in [1.29, 1.82) is 0 Å². The van der Waals surface area contributed by atoms with Crippen LogP contribution in [-0.2, 0) is 6.18 Å². The molecule has 0 saturated heterocycles. The van der Waals surface area contributed by atoms with E-state index in [1.165, 1.54) is 0 Å². The summed E-state index contributed by atoms with van der Waals surface area (Å²) in [7, 11) is 0. The Morgan fingerprint density at radius 1 is 1.12 bits per heavy atom. The van der Waals surface area contributed by atoms with E-state index in [9.17, 15) is 31.1 Å². The first-order valence-corrected chi connectivity index (χ1v) is 10.4. The SMILES string of the molecule is Cc1ccc([C@H]2C[C@@H](C(F)(F)F)n3ncc(C(=O)Nc4ccc(Cl)c(C(F)(F)F)c4)c3N2)cc1. The number of nitrogens with one attached hydrogen (secondary N) is 2. The average Bonchev–Trinajstić information content (AvgIpc) is 3.17. The van der Waals surface area contributed by atoms with Crippen LogP contribution in [0.1, 0.15) is 45.6 Å². The molecule has 4 rings (SSSR count). The molecule has 0 bridgehead atoms. The first kappa shape index (κ1) is 23.9. The summed E-state index contributed by atoms with van der Waals surface area (Å²) < 4.78 is 81.5. The third-order valence-corrected chi connectivity index (χ3v) is 5.82. The number of aryl methyl sites for hydroxylation is 1. The molecule has 12 heteroatoms. The van der Waals surface area contributed by atoms with Gasteiger partial charge in [-0.25, -0.2) is 4.68 Å². The number of benzene rings is 2. The lowest BCUT2D eigenvalue weighted by Crippen LogP contribution is -2.36. The molecule has 5 nitrogen and oxygen atoms in total. The number of aromatic nitrogens is 2. The van der Waals surface area contributed by atoms with Crippen LogP contribution in [0.3, 0.4) is 0 Å². The van der Waals surface area contributed by atoms with E-state index < -0.39 is 40.9 Å². The topological polar surface area (TPSA) is 59.0 Å². The summed E-state index contributed by atoms with van der Waals surface area (Å²) in [6, 6.07) is 6.93. The summed E-state index contributed by atoms with van der Waals surface area (Å²) in [4.78, 5) is 12.8. The van der Waals surface area contributed by atoms with Crippen LogP contribution in [0.15, 0.2) is 48.7 Å². The fourth-order valence-electron chi connectivity index (χ4n) is 3.76. The van der Waals surface area contributed by atoms with Gasteiger partial charge in [-0.2, -0.15) is 31.4 Å². The van der Waals surface area contributed by atoms with Gasteiger partial charge in [-0.15, -0.1) is 0 Å². The van der Waals surface area contributed by atoms with E-state index in [1.807, 2.05) is 6.92 Å². The van der Waals surface area contributed by atoms with E-state index >= 15 is 0 Å². The van der Waals surface area contributed by atoms with Gasteiger partial charge >= 0.3 is 12.4 Å². The van der Waals surface area contributed by atoms with Gasteiger partial charge in [0, 0.05) is 12.1 Å². The first-order valence-electron chi connectivity index (χ1n) is 10.00. The summed E-state index contributed by atoms with van der Waals surface area (Å²) in [5, 5.41) is 8.41. The lowest BCUT2D eigenvalue weighted by Gasteiger charge is -2.34. The van der Waals surface area contributed by atoms with Crippen molar-refractivity contribution in [3.05, 3.63) is 75.9 Å². The summed E-state index contributed by atoms with van der Waals surface area (Å²) in [6.45, 7) is 1.84. The third kappa shape index (κ3) is 4.70. The zero-order valence-corrected chi connectivity index (χ0v) is 18.2. The Morgan fingerprint density at radius 3 is 2.41 bits per heavy atom. The molecule has 0 fully saturated rings. The maximum atomic E-state index is 13.8. The van der Waals surface area contributed by atoms with Crippen LogP contribution in [0.5, 0.6) is 0 Å². The molecule has 1 aliphatic rings. The molecule has 2 N–H and O–H groups in total. The van der Waals surface area contributed by atoms with E-state index in [1.54, 1.807) is 24.3 Å². The molecule has 180 valence electrons. The minimum absolute atomic E-state index is 0.179. The van der Waals surface area contributed by atoms with Crippen LogP contribution >= 0.6 is 11.6 Å². The molecule has 0 radical (unpaired) electrons. The van der Waals surface area contributed by atoms with E-state index in [0.29, 0.717) is 16.3 Å². The second kappa shape index (κ2) is 8.53. The maximum absolute atomic E-state index is 13.8. The van der Waals surface area contributed by atoms with Gasteiger partial charge in [-0.1, -0.05) is 41.4 Å². The molecule has 2 aromatic carbocycles. The molecule has 34 heavy (non-hydrogen) atoms. The van der Waals surface area contributed by atoms with Crippen LogP contribution in [0.4, 0.5) is 37.8 Å². The molecule has 1 aliphatic heterocycles. The Labute approximate surface area is 194 Å². The fraction of sp³-hybridized carbons (Fsp3) is 0.273. The van der Waals surface area contributed by atoms with E-state index in [-0.39, 0.29) is 23.5 Å². The zero-order chi connectivity index (χ0) is 24.8. The quantitative estimate of drug-likeness (QED) is 0.388. The average molecular weight is 503 g/mol. The summed E-state index contributed by atoms with van der Waals surface area (Å²) in [5.41, 5.74) is -0.0994. The largest absolute Gasteiger partial charge is 0.417 e. The minimum atomic E-state index is -4.75. The second-order valence-electron chi connectivity index (χ2n) is 7.90. The number of alkyl halides is 6. The van der Waals surface area contributed by atoms with Crippen molar-refractivity contribution < 1.29 is 31.1 Å². The number of amides is 1. The molecule has 1 amide bonds. The van der Waals surface area contributed by atoms with Crippen molar-refractivity contribution in [1.82, 2.24) is 9.78 Å². The summed E-state index contributed by atoms with van der Waals surface area (Å²) in [5.74, 6) is -1.10. The standard InChI is InChI=1S/C22H17ClF6N4O/c1-11-2-4-12(5-3-11)17-9-18(22(27,28)29)33-19(32-17)14(10-30-33)20(34)31-13-6-7-16(23)15(8-13)21(24,25)26/h2-8,10,17-18,32H,9H2,1H3,(H,31,34)/t17-,18+/m1/s1. The predicted molar refractivity (Wildman–Crippen MR) is 114 cm³/mol. The van der Waals surface area contributed by atoms with Crippen LogP contribution in [0.2, 0.25) is 5.02 Å². The molecule has 0 spiro atoms. The summed E-state index contributed by atoms with van der Waals surface area (Å²) >= 11 is 5.59. The zero-order valence-electron chi connectivity index (χ0n) is 17.4. The molecule has 3 aromatic rings. The van der Waals surface area contributed by atoms with Gasteiger partial charge in [-0.3, -0.25) is 4.79 Å². The Hall–Kier alpha value is -3.21. The normalized spacial score (nSPS) is 18.2. The molecule has 2 heterocycles. The number of hydrogen-bond acceptors (Lipinski definition) is 3. The van der Waals surface area contributed by atoms with Crippen LogP contribution in [0, 0.1) is 6.92 Å². The Kier molecular flexibility index (Phi) is 6.01. The highest BCUT2D eigenvalue weighted by molar-refractivity contribution is 6.31. The van der Waals surface area contributed by atoms with E-state index in [4.69, 9.17) is 11.6 Å². The number of carbonyl (C=O) groups is 1. The smallest absolute Gasteiger partial charge is 0.363 e. The molecule has 0 saturated carbocycles. The number of anilines is 2. The van der Waals surface area contributed by atoms with Crippen molar-refractivity contribution >= 4 is 29.0 Å². The number of halogens is 7. The highest BCUT2D eigenvalue weighted by Gasteiger charge is 2.47. The second-order valence-corrected chi connectivity index (χ2v) is 8.31. The molecular weight excluding hydrogens is 486 g/mol. The van der Waals surface area contributed by atoms with E-state index in [0.717, 1.165) is 23.9 Å². The number of rotatable bonds is 3. The number of carbonyl (C=O) groups excluding carboxylic acids is 1. The van der Waals surface area contributed by atoms with E-state index in [2.05, 4.69) is 15.7 Å². The highest BCUT2D eigenvalue weighted by atomic mass is 35.5. The van der Waals surface area contributed by atoms with Gasteiger partial charge in [0.25, 0.3) is 5.91 Å². The van der Waals surface area contributed by atoms with Gasteiger partial charge in [0.2, 0.25) is 0 Å². The monoisotopic (exact) mass is 502 g/mol. The van der Waals surface area contributed by atoms with Gasteiger partial charge in [0.15, 0.2) is 6.04 Å². The van der Waals surface area contributed by atoms with Gasteiger partial charge in [0.05, 0.1) is 22.8 Å². The van der Waals surface area contributed by atoms with Crippen molar-refractivity contribution in [3.8, 4) is 0 Å². The summed E-state index contributed by atoms with van der Waals surface area (Å²) in [6.07, 6.45) is -8.79. The molecule has 0 aliphatic carbocycles. The van der Waals surface area contributed by atoms with Crippen LogP contribution < -0.4 is 10.6 Å². The number of hydrogen-bond donors (Lipinski definition) is 2. The maximum Gasteiger partial charge on any atom is 0.417 e. The fourth-order valence-corrected chi connectivity index (χ4v) is 3.99. The van der Waals surface area contributed by atoms with Crippen molar-refractivity contribution in [3.63, 3.8) is 0 Å². The Morgan fingerprint density at radius 2 is 1.79 bits per heavy atom. The predicted octanol–water partition coefficient (Wildman–Crippen LogP) is 6.78. The third-order valence-electron chi connectivity index (χ3n) is 5.49. The molecular formula is C22H17ClF6N4O. The Bertz CT molecular complexity index is 1220. The minimum Gasteiger partial charge on any atom is -0.363 e. The molecule has 2 atom stereocenters. The first-order chi connectivity index (χ1) is 15.8. The number of fused-ring (bicyclic) bond motifs is 1. The van der Waals surface area contributed by atoms with Gasteiger partial charge in [0.1, 0.15) is 11.4 Å². The van der Waals surface area contributed by atoms with Gasteiger partial charge < -0.3 is 10.6 Å². The van der Waals surface area contributed by atoms with Crippen molar-refractivity contribution in [2.24, 2.45) is 0 Å². The molecule has 0 unspecified atom stereocenters. The highest BCUT2D eigenvalue weighted by Crippen LogP contribution is 2.44. The van der Waals surface area contributed by atoms with Gasteiger partial charge in [-0.05, 0) is 30.7 Å². The molecule has 1 aromatic heterocycles. The van der Waals surface area contributed by atoms with Crippen LogP contribution in [-0.4, -0.2) is 21.9 Å². The van der Waals surface area contributed by atoms with Crippen LogP contribution in [0.25, 0.3) is 0 Å².